The molecule has 0 nitrogen and oxygen atoms in total. The molecule has 0 bridgehead atoms. The Labute approximate surface area is 122 Å². The lowest BCUT2D eigenvalue weighted by Gasteiger charge is -2.12. The maximum absolute atomic E-state index is 3.33. The third kappa shape index (κ3) is 2.90. The first-order valence-electron chi connectivity index (χ1n) is 5.57. The van der Waals surface area contributed by atoms with Gasteiger partial charge in [0.1, 0.15) is 0 Å². The van der Waals surface area contributed by atoms with Gasteiger partial charge >= 0.3 is 0 Å². The molecule has 0 atom stereocenters. The van der Waals surface area contributed by atoms with E-state index >= 15 is 0 Å². The Morgan fingerprint density at radius 3 is 2.11 bits per heavy atom. The fourth-order valence-electron chi connectivity index (χ4n) is 1.82. The second kappa shape index (κ2) is 6.60. The zero-order chi connectivity index (χ0) is 13.0. The quantitative estimate of drug-likeness (QED) is 0.700. The van der Waals surface area contributed by atoms with E-state index in [1.54, 1.807) is 35.3 Å². The molecule has 3 heteroatoms. The molecule has 1 radical (unpaired) electrons. The standard InChI is InChI=1S/C15H15S3/c1-16-12-9-7-11(8-10-12)15-13(17-2)5-4-6-14(15)18-3/h4-5,7-10H,1-3H3. The van der Waals surface area contributed by atoms with Gasteiger partial charge in [-0.25, -0.2) is 0 Å². The van der Waals surface area contributed by atoms with Crippen LogP contribution < -0.4 is 0 Å². The van der Waals surface area contributed by atoms with Gasteiger partial charge in [-0.3, -0.25) is 0 Å². The minimum absolute atomic E-state index is 1.22. The highest BCUT2D eigenvalue weighted by molar-refractivity contribution is 7.99. The molecule has 0 saturated heterocycles. The minimum atomic E-state index is 1.22. The molecule has 0 aliphatic heterocycles. The molecule has 0 unspecified atom stereocenters. The minimum Gasteiger partial charge on any atom is -0.130 e. The first kappa shape index (κ1) is 13.9. The van der Waals surface area contributed by atoms with Crippen molar-refractivity contribution in [1.82, 2.24) is 0 Å². The summed E-state index contributed by atoms with van der Waals surface area (Å²) in [5.41, 5.74) is 2.59. The highest BCUT2D eigenvalue weighted by Crippen LogP contribution is 2.37. The predicted octanol–water partition coefficient (Wildman–Crippen LogP) is 5.32. The van der Waals surface area contributed by atoms with Gasteiger partial charge in [0.2, 0.25) is 0 Å². The van der Waals surface area contributed by atoms with Gasteiger partial charge in [0.05, 0.1) is 0 Å². The number of thioether (sulfide) groups is 3. The Bertz CT molecular complexity index is 496. The van der Waals surface area contributed by atoms with Crippen LogP contribution >= 0.6 is 35.3 Å². The molecular formula is C15H15S3. The molecule has 2 aromatic carbocycles. The Morgan fingerprint density at radius 2 is 1.56 bits per heavy atom. The van der Waals surface area contributed by atoms with Crippen LogP contribution in [0, 0.1) is 6.07 Å². The van der Waals surface area contributed by atoms with Gasteiger partial charge in [0.25, 0.3) is 0 Å². The Kier molecular flexibility index (Phi) is 5.10. The Morgan fingerprint density at radius 1 is 0.833 bits per heavy atom. The summed E-state index contributed by atoms with van der Waals surface area (Å²) in [4.78, 5) is 3.84. The van der Waals surface area contributed by atoms with E-state index in [0.29, 0.717) is 0 Å². The molecule has 93 valence electrons. The average molecular weight is 291 g/mol. The van der Waals surface area contributed by atoms with Crippen molar-refractivity contribution in [1.29, 1.82) is 0 Å². The zero-order valence-electron chi connectivity index (χ0n) is 10.7. The van der Waals surface area contributed by atoms with Gasteiger partial charge < -0.3 is 0 Å². The lowest BCUT2D eigenvalue weighted by Crippen LogP contribution is -1.86. The molecule has 18 heavy (non-hydrogen) atoms. The van der Waals surface area contributed by atoms with Gasteiger partial charge in [-0.15, -0.1) is 35.3 Å². The summed E-state index contributed by atoms with van der Waals surface area (Å²) in [5.74, 6) is 0. The van der Waals surface area contributed by atoms with Crippen LogP contribution in [0.4, 0.5) is 0 Å². The maximum atomic E-state index is 3.33. The number of benzene rings is 2. The Hall–Kier alpha value is -0.510. The van der Waals surface area contributed by atoms with Gasteiger partial charge in [0, 0.05) is 20.2 Å². The van der Waals surface area contributed by atoms with Crippen LogP contribution in [0.5, 0.6) is 0 Å². The molecule has 2 aromatic rings. The lowest BCUT2D eigenvalue weighted by molar-refractivity contribution is 1.31. The molecule has 2 rings (SSSR count). The summed E-state index contributed by atoms with van der Waals surface area (Å²) >= 11 is 5.32. The van der Waals surface area contributed by atoms with Crippen molar-refractivity contribution in [3.63, 3.8) is 0 Å². The van der Waals surface area contributed by atoms with Crippen LogP contribution in [-0.4, -0.2) is 18.8 Å². The second-order valence-corrected chi connectivity index (χ2v) is 6.23. The van der Waals surface area contributed by atoms with E-state index in [0.717, 1.165) is 0 Å². The predicted molar refractivity (Wildman–Crippen MR) is 86.1 cm³/mol. The summed E-state index contributed by atoms with van der Waals surface area (Å²) in [6.45, 7) is 0. The SMILES string of the molecule is CSc1ccc(-c2c(SC)[c]ccc2SC)cc1. The van der Waals surface area contributed by atoms with E-state index in [2.05, 4.69) is 55.2 Å². The number of hydrogen-bond donors (Lipinski definition) is 0. The summed E-state index contributed by atoms with van der Waals surface area (Å²) < 4.78 is 0. The average Bonchev–Trinajstić information content (AvgIpc) is 2.46. The van der Waals surface area contributed by atoms with Crippen LogP contribution in [0.15, 0.2) is 51.1 Å². The highest BCUT2D eigenvalue weighted by atomic mass is 32.2. The molecule has 0 heterocycles. The monoisotopic (exact) mass is 291 g/mol. The summed E-state index contributed by atoms with van der Waals surface area (Å²) in [5, 5.41) is 0. The van der Waals surface area contributed by atoms with E-state index in [9.17, 15) is 0 Å². The third-order valence-corrected chi connectivity index (χ3v) is 4.98. The van der Waals surface area contributed by atoms with Crippen molar-refractivity contribution in [2.75, 3.05) is 18.8 Å². The molecule has 0 saturated carbocycles. The van der Waals surface area contributed by atoms with E-state index in [1.807, 2.05) is 6.07 Å². The highest BCUT2D eigenvalue weighted by Gasteiger charge is 2.09. The fraction of sp³-hybridized carbons (Fsp3) is 0.200. The summed E-state index contributed by atoms with van der Waals surface area (Å²) in [7, 11) is 0. The zero-order valence-corrected chi connectivity index (χ0v) is 13.1. The molecule has 0 aromatic heterocycles. The number of hydrogen-bond acceptors (Lipinski definition) is 3. The van der Waals surface area contributed by atoms with Crippen molar-refractivity contribution >= 4 is 35.3 Å². The molecule has 0 fully saturated rings. The van der Waals surface area contributed by atoms with Crippen molar-refractivity contribution < 1.29 is 0 Å². The summed E-state index contributed by atoms with van der Waals surface area (Å²) in [6, 6.07) is 16.3. The van der Waals surface area contributed by atoms with E-state index < -0.39 is 0 Å². The van der Waals surface area contributed by atoms with E-state index in [1.165, 1.54) is 25.8 Å². The van der Waals surface area contributed by atoms with Crippen molar-refractivity contribution in [2.24, 2.45) is 0 Å². The van der Waals surface area contributed by atoms with Crippen LogP contribution in [0.3, 0.4) is 0 Å². The molecule has 0 amide bonds. The molecule has 0 N–H and O–H groups in total. The van der Waals surface area contributed by atoms with Crippen molar-refractivity contribution in [3.05, 3.63) is 42.5 Å². The molecule has 0 spiro atoms. The smallest absolute Gasteiger partial charge is 0.0238 e. The van der Waals surface area contributed by atoms with Crippen LogP contribution in [0.1, 0.15) is 0 Å². The Balaban J connectivity index is 2.53. The lowest BCUT2D eigenvalue weighted by atomic mass is 10.1. The van der Waals surface area contributed by atoms with E-state index in [4.69, 9.17) is 0 Å². The summed E-state index contributed by atoms with van der Waals surface area (Å²) in [6.07, 6.45) is 6.33. The third-order valence-electron chi connectivity index (χ3n) is 2.73. The maximum Gasteiger partial charge on any atom is 0.0238 e. The first-order chi connectivity index (χ1) is 8.80. The topological polar surface area (TPSA) is 0 Å². The van der Waals surface area contributed by atoms with Crippen LogP contribution in [0.25, 0.3) is 11.1 Å². The first-order valence-corrected chi connectivity index (χ1v) is 9.24. The molecular weight excluding hydrogens is 276 g/mol. The largest absolute Gasteiger partial charge is 0.130 e. The van der Waals surface area contributed by atoms with Crippen LogP contribution in [-0.2, 0) is 0 Å². The second-order valence-electron chi connectivity index (χ2n) is 3.68. The van der Waals surface area contributed by atoms with Crippen molar-refractivity contribution in [3.8, 4) is 11.1 Å². The van der Waals surface area contributed by atoms with Gasteiger partial charge in [-0.1, -0.05) is 18.2 Å². The normalized spacial score (nSPS) is 10.6. The van der Waals surface area contributed by atoms with E-state index in [-0.39, 0.29) is 0 Å². The van der Waals surface area contributed by atoms with Crippen molar-refractivity contribution in [2.45, 2.75) is 14.7 Å². The van der Waals surface area contributed by atoms with Gasteiger partial charge in [-0.05, 0) is 48.6 Å². The molecule has 0 aliphatic rings. The van der Waals surface area contributed by atoms with Gasteiger partial charge in [0.15, 0.2) is 0 Å². The van der Waals surface area contributed by atoms with Crippen LogP contribution in [0.2, 0.25) is 0 Å². The van der Waals surface area contributed by atoms with Gasteiger partial charge in [-0.2, -0.15) is 0 Å². The number of rotatable bonds is 4. The molecule has 0 aliphatic carbocycles. The fourth-order valence-corrected chi connectivity index (χ4v) is 3.54.